The number of nitrogens with zero attached hydrogens (tertiary/aromatic N) is 3. The molecule has 0 spiro atoms. The third-order valence-corrected chi connectivity index (χ3v) is 3.50. The Kier molecular flexibility index (Phi) is 2.99. The number of hydrogen-bond donors (Lipinski definition) is 2. The number of benzene rings is 1. The van der Waals surface area contributed by atoms with Gasteiger partial charge in [-0.2, -0.15) is 4.98 Å². The van der Waals surface area contributed by atoms with Crippen molar-refractivity contribution in [2.24, 2.45) is 0 Å². The number of nitrogen functional groups attached to an aromatic ring is 1. The molecule has 1 aliphatic heterocycles. The third kappa shape index (κ3) is 2.28. The molecule has 2 heterocycles. The van der Waals surface area contributed by atoms with Gasteiger partial charge in [-0.25, -0.2) is 9.37 Å². The molecule has 0 unspecified atom stereocenters. The highest BCUT2D eigenvalue weighted by atomic mass is 35.5. The SMILES string of the molecule is Nc1nc(Cl)cc(N2CC(O)(c3ccc(F)cc3)C2)n1. The van der Waals surface area contributed by atoms with Gasteiger partial charge in [0.2, 0.25) is 5.95 Å². The molecular weight excluding hydrogens is 283 g/mol. The normalized spacial score (nSPS) is 16.9. The lowest BCUT2D eigenvalue weighted by Crippen LogP contribution is -2.59. The first-order chi connectivity index (χ1) is 9.46. The van der Waals surface area contributed by atoms with Crippen LogP contribution in [0.15, 0.2) is 30.3 Å². The minimum atomic E-state index is -1.01. The van der Waals surface area contributed by atoms with Gasteiger partial charge in [0.05, 0.1) is 13.1 Å². The zero-order valence-corrected chi connectivity index (χ0v) is 11.2. The summed E-state index contributed by atoms with van der Waals surface area (Å²) in [5, 5.41) is 10.7. The summed E-state index contributed by atoms with van der Waals surface area (Å²) in [6.45, 7) is 0.677. The lowest BCUT2D eigenvalue weighted by atomic mass is 9.86. The standard InChI is InChI=1S/C13H12ClFN4O/c14-10-5-11(18-12(16)17-10)19-6-13(20,7-19)8-1-3-9(15)4-2-8/h1-5,20H,6-7H2,(H2,16,17,18). The zero-order chi connectivity index (χ0) is 14.3. The maximum atomic E-state index is 12.9. The predicted molar refractivity (Wildman–Crippen MR) is 74.0 cm³/mol. The number of aromatic nitrogens is 2. The highest BCUT2D eigenvalue weighted by molar-refractivity contribution is 6.29. The van der Waals surface area contributed by atoms with E-state index >= 15 is 0 Å². The first kappa shape index (κ1) is 13.1. The van der Waals surface area contributed by atoms with Gasteiger partial charge in [0.1, 0.15) is 22.4 Å². The van der Waals surface area contributed by atoms with Crippen molar-refractivity contribution < 1.29 is 9.50 Å². The Balaban J connectivity index is 1.78. The van der Waals surface area contributed by atoms with Crippen LogP contribution in [0.2, 0.25) is 5.15 Å². The van der Waals surface area contributed by atoms with Gasteiger partial charge >= 0.3 is 0 Å². The number of hydrogen-bond acceptors (Lipinski definition) is 5. The largest absolute Gasteiger partial charge is 0.381 e. The minimum absolute atomic E-state index is 0.0877. The van der Waals surface area contributed by atoms with Crippen molar-refractivity contribution in [2.75, 3.05) is 23.7 Å². The number of halogens is 2. The van der Waals surface area contributed by atoms with Gasteiger partial charge in [0.15, 0.2) is 0 Å². The molecule has 1 fully saturated rings. The van der Waals surface area contributed by atoms with E-state index in [1.165, 1.54) is 12.1 Å². The molecule has 1 saturated heterocycles. The maximum absolute atomic E-state index is 12.9. The Bertz CT molecular complexity index is 623. The Hall–Kier alpha value is -1.92. The van der Waals surface area contributed by atoms with Crippen LogP contribution in [0.1, 0.15) is 5.56 Å². The summed E-state index contributed by atoms with van der Waals surface area (Å²) in [6.07, 6.45) is 0. The molecule has 1 aliphatic rings. The molecule has 0 aliphatic carbocycles. The van der Waals surface area contributed by atoms with E-state index in [9.17, 15) is 9.50 Å². The van der Waals surface area contributed by atoms with Crippen molar-refractivity contribution in [3.05, 3.63) is 46.9 Å². The molecular formula is C13H12ClFN4O. The first-order valence-electron chi connectivity index (χ1n) is 6.00. The van der Waals surface area contributed by atoms with Gasteiger partial charge in [-0.05, 0) is 17.7 Å². The van der Waals surface area contributed by atoms with Gasteiger partial charge < -0.3 is 15.7 Å². The van der Waals surface area contributed by atoms with Crippen LogP contribution in [-0.4, -0.2) is 28.2 Å². The predicted octanol–water partition coefficient (Wildman–Crippen LogP) is 1.56. The summed E-state index contributed by atoms with van der Waals surface area (Å²) in [5.41, 5.74) is 5.19. The van der Waals surface area contributed by atoms with Crippen molar-refractivity contribution in [2.45, 2.75) is 5.60 Å². The average molecular weight is 295 g/mol. The molecule has 20 heavy (non-hydrogen) atoms. The van der Waals surface area contributed by atoms with Gasteiger partial charge in [-0.3, -0.25) is 0 Å². The Morgan fingerprint density at radius 1 is 1.25 bits per heavy atom. The molecule has 5 nitrogen and oxygen atoms in total. The van der Waals surface area contributed by atoms with Crippen LogP contribution >= 0.6 is 11.6 Å². The summed E-state index contributed by atoms with van der Waals surface area (Å²) in [7, 11) is 0. The van der Waals surface area contributed by atoms with E-state index in [0.29, 0.717) is 24.5 Å². The number of aliphatic hydroxyl groups is 1. The second-order valence-corrected chi connectivity index (χ2v) is 5.19. The fraction of sp³-hybridized carbons (Fsp3) is 0.231. The second-order valence-electron chi connectivity index (χ2n) is 4.80. The quantitative estimate of drug-likeness (QED) is 0.822. The highest BCUT2D eigenvalue weighted by Gasteiger charge is 2.43. The van der Waals surface area contributed by atoms with Crippen LogP contribution in [0, 0.1) is 5.82 Å². The van der Waals surface area contributed by atoms with Crippen LogP contribution in [-0.2, 0) is 5.60 Å². The molecule has 0 atom stereocenters. The zero-order valence-electron chi connectivity index (χ0n) is 10.4. The van der Waals surface area contributed by atoms with Gasteiger partial charge in [0.25, 0.3) is 0 Å². The average Bonchev–Trinajstić information content (AvgIpc) is 2.34. The van der Waals surface area contributed by atoms with E-state index < -0.39 is 5.60 Å². The number of anilines is 2. The molecule has 1 aromatic carbocycles. The van der Waals surface area contributed by atoms with Crippen molar-refractivity contribution in [1.82, 2.24) is 9.97 Å². The van der Waals surface area contributed by atoms with E-state index in [4.69, 9.17) is 17.3 Å². The summed E-state index contributed by atoms with van der Waals surface area (Å²) in [5.74, 6) is 0.322. The smallest absolute Gasteiger partial charge is 0.223 e. The second kappa shape index (κ2) is 4.57. The summed E-state index contributed by atoms with van der Waals surface area (Å²) >= 11 is 5.82. The van der Waals surface area contributed by atoms with Crippen molar-refractivity contribution >= 4 is 23.4 Å². The fourth-order valence-corrected chi connectivity index (χ4v) is 2.46. The topological polar surface area (TPSA) is 75.3 Å². The molecule has 0 saturated carbocycles. The van der Waals surface area contributed by atoms with Gasteiger partial charge in [-0.15, -0.1) is 0 Å². The molecule has 104 valence electrons. The number of β-amino-alcohol motifs (C(OH)–C–C–N with tert-alkyl or cyclic N) is 1. The molecule has 0 bridgehead atoms. The van der Waals surface area contributed by atoms with Crippen LogP contribution in [0.3, 0.4) is 0 Å². The number of nitrogens with two attached hydrogens (primary N) is 1. The van der Waals surface area contributed by atoms with E-state index in [1.807, 2.05) is 4.90 Å². The molecule has 7 heteroatoms. The lowest BCUT2D eigenvalue weighted by molar-refractivity contribution is 0.00701. The van der Waals surface area contributed by atoms with Crippen molar-refractivity contribution in [1.29, 1.82) is 0 Å². The van der Waals surface area contributed by atoms with Crippen LogP contribution in [0.5, 0.6) is 0 Å². The van der Waals surface area contributed by atoms with Crippen molar-refractivity contribution in [3.8, 4) is 0 Å². The molecule has 2 aromatic rings. The molecule has 3 rings (SSSR count). The maximum Gasteiger partial charge on any atom is 0.223 e. The van der Waals surface area contributed by atoms with Crippen LogP contribution in [0.4, 0.5) is 16.2 Å². The molecule has 0 amide bonds. The lowest BCUT2D eigenvalue weighted by Gasteiger charge is -2.47. The van der Waals surface area contributed by atoms with Crippen molar-refractivity contribution in [3.63, 3.8) is 0 Å². The van der Waals surface area contributed by atoms with Crippen LogP contribution < -0.4 is 10.6 Å². The monoisotopic (exact) mass is 294 g/mol. The van der Waals surface area contributed by atoms with E-state index in [-0.39, 0.29) is 16.9 Å². The molecule has 3 N–H and O–H groups in total. The van der Waals surface area contributed by atoms with E-state index in [2.05, 4.69) is 9.97 Å². The minimum Gasteiger partial charge on any atom is -0.381 e. The number of rotatable bonds is 2. The molecule has 0 radical (unpaired) electrons. The summed E-state index contributed by atoms with van der Waals surface area (Å²) in [6, 6.07) is 7.40. The highest BCUT2D eigenvalue weighted by Crippen LogP contribution is 2.35. The first-order valence-corrected chi connectivity index (χ1v) is 6.37. The van der Waals surface area contributed by atoms with E-state index in [0.717, 1.165) is 0 Å². The summed E-state index contributed by atoms with van der Waals surface area (Å²) in [4.78, 5) is 9.67. The summed E-state index contributed by atoms with van der Waals surface area (Å²) < 4.78 is 12.9. The Morgan fingerprint density at radius 3 is 2.50 bits per heavy atom. The molecule has 1 aromatic heterocycles. The third-order valence-electron chi connectivity index (χ3n) is 3.31. The van der Waals surface area contributed by atoms with Gasteiger partial charge in [0, 0.05) is 6.07 Å². The fourth-order valence-electron chi connectivity index (χ4n) is 2.27. The van der Waals surface area contributed by atoms with E-state index in [1.54, 1.807) is 18.2 Å². The van der Waals surface area contributed by atoms with Crippen LogP contribution in [0.25, 0.3) is 0 Å². The Morgan fingerprint density at radius 2 is 1.90 bits per heavy atom. The Labute approximate surface area is 119 Å². The van der Waals surface area contributed by atoms with Gasteiger partial charge in [-0.1, -0.05) is 23.7 Å².